The van der Waals surface area contributed by atoms with Gasteiger partial charge in [0.2, 0.25) is 0 Å². The molecule has 0 radical (unpaired) electrons. The largest absolute Gasteiger partial charge is 0.440 e. The number of pyridine rings is 3. The molecule has 9 aromatic heterocycles. The van der Waals surface area contributed by atoms with Gasteiger partial charge in [0, 0.05) is 59.7 Å². The topological polar surface area (TPSA) is 168 Å². The van der Waals surface area contributed by atoms with Crippen molar-refractivity contribution in [2.45, 2.75) is 405 Å². The maximum atomic E-state index is 5.71. The van der Waals surface area contributed by atoms with Gasteiger partial charge in [-0.15, -0.1) is 11.3 Å². The number of fused-ring (bicyclic) bond motifs is 5. The summed E-state index contributed by atoms with van der Waals surface area (Å²) in [6.07, 6.45) is 7.44. The van der Waals surface area contributed by atoms with E-state index in [1.165, 1.54) is 26.4 Å². The second kappa shape index (κ2) is 77.6. The second-order valence-corrected chi connectivity index (χ2v) is 24.3. The van der Waals surface area contributed by atoms with Crippen molar-refractivity contribution >= 4 is 76.8 Å². The molecular weight excluding hydrogens is 1330 g/mol. The summed E-state index contributed by atoms with van der Waals surface area (Å²) in [6, 6.07) is 12.5. The van der Waals surface area contributed by atoms with E-state index in [1.807, 2.05) is 245 Å². The molecule has 10 aromatic rings. The minimum atomic E-state index is 0.307. The summed E-state index contributed by atoms with van der Waals surface area (Å²) in [4.78, 5) is 45.1. The van der Waals surface area contributed by atoms with Crippen LogP contribution in [-0.2, 0) is 0 Å². The van der Waals surface area contributed by atoms with E-state index >= 15 is 0 Å². The van der Waals surface area contributed by atoms with Crippen molar-refractivity contribution in [3.63, 3.8) is 0 Å². The van der Waals surface area contributed by atoms with Crippen molar-refractivity contribution in [2.75, 3.05) is 0 Å². The Morgan fingerprint density at radius 2 is 0.619 bits per heavy atom. The fourth-order valence-electron chi connectivity index (χ4n) is 7.11. The highest BCUT2D eigenvalue weighted by Crippen LogP contribution is 2.31. The van der Waals surface area contributed by atoms with Crippen molar-refractivity contribution in [3.8, 4) is 0 Å². The van der Waals surface area contributed by atoms with Crippen LogP contribution in [0.15, 0.2) is 74.4 Å². The molecule has 10 rings (SSSR count). The monoisotopic (exact) mass is 1500 g/mol. The van der Waals surface area contributed by atoms with Crippen LogP contribution in [0, 0.1) is 0 Å². The number of hydrogen-bond acceptors (Lipinski definition) is 15. The summed E-state index contributed by atoms with van der Waals surface area (Å²) in [7, 11) is 0. The molecule has 0 saturated carbocycles. The van der Waals surface area contributed by atoms with Crippen molar-refractivity contribution in [2.24, 2.45) is 0 Å². The first-order chi connectivity index (χ1) is 50.4. The average Bonchev–Trinajstić information content (AvgIpc) is 1.73. The van der Waals surface area contributed by atoms with Gasteiger partial charge in [0.1, 0.15) is 27.2 Å². The Morgan fingerprint density at radius 1 is 0.257 bits per heavy atom. The van der Waals surface area contributed by atoms with Crippen LogP contribution in [0.2, 0.25) is 0 Å². The van der Waals surface area contributed by atoms with E-state index in [2.05, 4.69) is 207 Å². The van der Waals surface area contributed by atoms with Crippen molar-refractivity contribution in [3.05, 3.63) is 117 Å². The Hall–Kier alpha value is -6.06. The third-order valence-electron chi connectivity index (χ3n) is 12.1. The van der Waals surface area contributed by atoms with E-state index in [1.54, 1.807) is 28.9 Å². The maximum absolute atomic E-state index is 5.71. The number of benzene rings is 1. The van der Waals surface area contributed by atoms with Crippen LogP contribution in [-0.4, -0.2) is 49.8 Å². The lowest BCUT2D eigenvalue weighted by Gasteiger charge is -2.02. The van der Waals surface area contributed by atoms with Crippen LogP contribution >= 0.6 is 22.7 Å². The Kier molecular flexibility index (Phi) is 88.6. The first-order valence-corrected chi connectivity index (χ1v) is 43.3. The average molecular weight is 1500 g/mol. The highest BCUT2D eigenvalue weighted by molar-refractivity contribution is 7.18. The minimum absolute atomic E-state index is 0.307. The fourth-order valence-corrected chi connectivity index (χ4v) is 9.01. The first-order valence-electron chi connectivity index (χ1n) is 41.7. The molecule has 13 nitrogen and oxygen atoms in total. The van der Waals surface area contributed by atoms with E-state index < -0.39 is 0 Å². The molecule has 0 fully saturated rings. The maximum Gasteiger partial charge on any atom is 0.199 e. The van der Waals surface area contributed by atoms with Crippen LogP contribution in [0.25, 0.3) is 54.1 Å². The Morgan fingerprint density at radius 3 is 1.02 bits per heavy atom. The molecule has 0 amide bonds. The molecule has 610 valence electrons. The standard InChI is InChI=1S/C13H17NO.2C12H16N2O.C12H16N2S.C11H15N3S.15C2H6/c1-8(2)10-5-6-11-12(7-10)15-13(14-11)9(3)4;1-7(2)9-5-11-10(6-13-9)14-12(15-11)8(3)4;2*1-7(2)9-5-10-11(13-6-9)14-12(15-10)8(3)4;1-6(2)9-12-5-8-11(14-9)15-10(13-8)7(3)4;15*1-2/h5-9H,1-4H3;3*5-8H,1-4H3;5-7H,1-4H3;15*1-2H3. The predicted octanol–water partition coefficient (Wildman–Crippen LogP) is 33.7. The van der Waals surface area contributed by atoms with E-state index in [0.29, 0.717) is 64.8 Å². The van der Waals surface area contributed by atoms with E-state index in [4.69, 9.17) is 13.3 Å². The van der Waals surface area contributed by atoms with Gasteiger partial charge < -0.3 is 13.3 Å². The van der Waals surface area contributed by atoms with Gasteiger partial charge in [-0.25, -0.2) is 39.9 Å². The van der Waals surface area contributed by atoms with E-state index in [0.717, 1.165) is 78.0 Å². The van der Waals surface area contributed by atoms with E-state index in [-0.39, 0.29) is 0 Å². The molecule has 0 aliphatic heterocycles. The summed E-state index contributed by atoms with van der Waals surface area (Å²) in [6.45, 7) is 103. The summed E-state index contributed by atoms with van der Waals surface area (Å²) >= 11 is 3.44. The van der Waals surface area contributed by atoms with Gasteiger partial charge in [-0.2, -0.15) is 4.98 Å². The third-order valence-corrected chi connectivity index (χ3v) is 14.6. The predicted molar refractivity (Wildman–Crippen MR) is 481 cm³/mol. The zero-order valence-electron chi connectivity index (χ0n) is 78.1. The number of thiazole rings is 2. The number of nitrogens with zero attached hydrogens (tertiary/aromatic N) is 10. The molecule has 0 N–H and O–H groups in total. The molecule has 15 heteroatoms. The number of aromatic nitrogens is 10. The van der Waals surface area contributed by atoms with Gasteiger partial charge in [-0.1, -0.05) is 364 Å². The summed E-state index contributed by atoms with van der Waals surface area (Å²) in [5, 5.41) is 2.32. The molecule has 0 unspecified atom stereocenters. The Balaban J connectivity index is -0.000000123. The SMILES string of the molecule is CC.CC.CC.CC.CC.CC.CC.CC.CC.CC.CC.CC.CC.CC.CC.CC(C)c1cc2oc(C(C)C)nc2cn1.CC(C)c1ccc2nc(C(C)C)oc2c1.CC(C)c1cnc2nc(C(C)C)oc2c1.CC(C)c1cnc2nc(C(C)C)sc2c1.CC(C)c1ncc2nc(C(C)C)sc2n1. The highest BCUT2D eigenvalue weighted by Gasteiger charge is 2.16. The molecule has 0 saturated heterocycles. The number of hydrogen-bond donors (Lipinski definition) is 0. The molecule has 0 bridgehead atoms. The number of rotatable bonds is 10. The smallest absolute Gasteiger partial charge is 0.199 e. The first kappa shape index (κ1) is 120. The molecule has 0 atom stereocenters. The normalized spacial score (nSPS) is 9.33. The highest BCUT2D eigenvalue weighted by atomic mass is 32.1. The molecule has 105 heavy (non-hydrogen) atoms. The Bertz CT molecular complexity index is 2860. The molecular formula is C90H170N10O3S2. The zero-order chi connectivity index (χ0) is 85.0. The molecule has 9 heterocycles. The molecule has 0 aliphatic carbocycles. The quantitative estimate of drug-likeness (QED) is 0.127. The van der Waals surface area contributed by atoms with Crippen LogP contribution in [0.4, 0.5) is 0 Å². The molecule has 1 aromatic carbocycles. The number of oxazole rings is 3. The third kappa shape index (κ3) is 46.7. The molecule has 0 aliphatic rings. The van der Waals surface area contributed by atoms with Crippen LogP contribution < -0.4 is 0 Å². The lowest BCUT2D eigenvalue weighted by atomic mass is 10.0. The van der Waals surface area contributed by atoms with Gasteiger partial charge in [0.25, 0.3) is 0 Å². The van der Waals surface area contributed by atoms with Crippen molar-refractivity contribution < 1.29 is 13.3 Å². The van der Waals surface area contributed by atoms with Gasteiger partial charge in [-0.05, 0) is 64.6 Å². The van der Waals surface area contributed by atoms with Gasteiger partial charge in [0.15, 0.2) is 45.7 Å². The van der Waals surface area contributed by atoms with Gasteiger partial charge >= 0.3 is 0 Å². The summed E-state index contributed by atoms with van der Waals surface area (Å²) < 4.78 is 18.2. The minimum Gasteiger partial charge on any atom is -0.440 e. The zero-order valence-corrected chi connectivity index (χ0v) is 79.7. The lowest BCUT2D eigenvalue weighted by molar-refractivity contribution is 0.501. The summed E-state index contributed by atoms with van der Waals surface area (Å²) in [5.74, 6) is 7.53. The second-order valence-electron chi connectivity index (χ2n) is 22.2. The van der Waals surface area contributed by atoms with Crippen LogP contribution in [0.5, 0.6) is 0 Å². The van der Waals surface area contributed by atoms with Crippen molar-refractivity contribution in [1.29, 1.82) is 0 Å². The van der Waals surface area contributed by atoms with Crippen LogP contribution in [0.3, 0.4) is 0 Å². The van der Waals surface area contributed by atoms with Crippen LogP contribution in [0.1, 0.15) is 461 Å². The van der Waals surface area contributed by atoms with E-state index in [9.17, 15) is 0 Å². The summed E-state index contributed by atoms with van der Waals surface area (Å²) in [5.41, 5.74) is 11.7. The van der Waals surface area contributed by atoms with Gasteiger partial charge in [0.05, 0.1) is 27.1 Å². The van der Waals surface area contributed by atoms with Gasteiger partial charge in [-0.3, -0.25) is 4.98 Å². The fraction of sp³-hybridized carbons (Fsp3) is 0.667. The Labute approximate surface area is 658 Å². The van der Waals surface area contributed by atoms with Crippen molar-refractivity contribution in [1.82, 2.24) is 49.8 Å². The lowest BCUT2D eigenvalue weighted by Crippen LogP contribution is -1.95. The molecule has 0 spiro atoms.